The summed E-state index contributed by atoms with van der Waals surface area (Å²) < 4.78 is 5.04. The Kier molecular flexibility index (Phi) is 5.82. The van der Waals surface area contributed by atoms with Crippen LogP contribution >= 0.6 is 0 Å². The third kappa shape index (κ3) is 4.09. The predicted octanol–water partition coefficient (Wildman–Crippen LogP) is 3.65. The smallest absolute Gasteiger partial charge is 0.313 e. The van der Waals surface area contributed by atoms with Gasteiger partial charge in [0.1, 0.15) is 6.42 Å². The number of hydrogen-bond acceptors (Lipinski definition) is 4. The number of ether oxygens (including phenoxy) is 1. The molecule has 1 heterocycles. The summed E-state index contributed by atoms with van der Waals surface area (Å²) in [5.41, 5.74) is 6.04. The number of ketones is 1. The molecule has 0 bridgehead atoms. The Labute approximate surface area is 193 Å². The molecule has 0 saturated carbocycles. The largest absolute Gasteiger partial charge is 0.466 e. The molecule has 0 spiro atoms. The first-order valence-electron chi connectivity index (χ1n) is 11.6. The second-order valence-electron chi connectivity index (χ2n) is 8.62. The van der Waals surface area contributed by atoms with Crippen molar-refractivity contribution >= 4 is 23.9 Å². The van der Waals surface area contributed by atoms with Crippen LogP contribution in [-0.2, 0) is 20.7 Å². The van der Waals surface area contributed by atoms with Gasteiger partial charge < -0.3 is 10.1 Å². The molecule has 4 heteroatoms. The molecule has 0 saturated heterocycles. The molecule has 166 valence electrons. The van der Waals surface area contributed by atoms with Crippen molar-refractivity contribution in [3.8, 4) is 11.1 Å². The van der Waals surface area contributed by atoms with Gasteiger partial charge >= 0.3 is 5.97 Å². The number of carbonyl (C=O) groups excluding carboxylic acids is 2. The summed E-state index contributed by atoms with van der Waals surface area (Å²) in [5, 5.41) is 5.70. The van der Waals surface area contributed by atoms with Gasteiger partial charge in [0.05, 0.1) is 6.61 Å². The van der Waals surface area contributed by atoms with E-state index in [4.69, 9.17) is 4.74 Å². The fourth-order valence-electron chi connectivity index (χ4n) is 5.11. The van der Waals surface area contributed by atoms with Gasteiger partial charge in [-0.3, -0.25) is 9.59 Å². The Morgan fingerprint density at radius 2 is 1.91 bits per heavy atom. The Balaban J connectivity index is 1.64. The van der Waals surface area contributed by atoms with Crippen LogP contribution in [0.2, 0.25) is 0 Å². The minimum absolute atomic E-state index is 0.0319. The maximum Gasteiger partial charge on any atom is 0.313 e. The van der Waals surface area contributed by atoms with Crippen molar-refractivity contribution in [3.05, 3.63) is 94.2 Å². The number of fused-ring (bicyclic) bond motifs is 5. The number of rotatable bonds is 5. The number of carbonyl (C=O) groups is 2. The van der Waals surface area contributed by atoms with Gasteiger partial charge in [0.25, 0.3) is 0 Å². The molecule has 1 N–H and O–H groups in total. The number of benzene rings is 2. The molecule has 0 radical (unpaired) electrons. The highest BCUT2D eigenvalue weighted by Gasteiger charge is 2.31. The zero-order valence-electron chi connectivity index (χ0n) is 18.7. The molecule has 2 aromatic rings. The first kappa shape index (κ1) is 21.2. The second kappa shape index (κ2) is 9.07. The molecule has 2 unspecified atom stereocenters. The van der Waals surface area contributed by atoms with Gasteiger partial charge in [-0.25, -0.2) is 0 Å². The van der Waals surface area contributed by atoms with Crippen molar-refractivity contribution in [3.63, 3.8) is 0 Å². The second-order valence-corrected chi connectivity index (χ2v) is 8.62. The van der Waals surface area contributed by atoms with Gasteiger partial charge in [0, 0.05) is 23.7 Å². The van der Waals surface area contributed by atoms with Crippen molar-refractivity contribution < 1.29 is 14.3 Å². The molecule has 1 aliphatic heterocycles. The molecular formula is C29H27NO3. The van der Waals surface area contributed by atoms with E-state index >= 15 is 0 Å². The number of allylic oxidation sites excluding steroid dienone is 5. The lowest BCUT2D eigenvalue weighted by molar-refractivity contribution is -0.146. The number of Topliss-reactive ketones (excluding diaryl/α,β-unsaturated/α-hetero) is 1. The summed E-state index contributed by atoms with van der Waals surface area (Å²) >= 11 is 0. The van der Waals surface area contributed by atoms with Crippen LogP contribution in [-0.4, -0.2) is 18.4 Å². The van der Waals surface area contributed by atoms with Crippen LogP contribution in [0.1, 0.15) is 36.8 Å². The fraction of sp³-hybridized carbons (Fsp3) is 0.241. The van der Waals surface area contributed by atoms with Crippen LogP contribution < -0.4 is 15.8 Å². The zero-order valence-corrected chi connectivity index (χ0v) is 18.7. The Bertz CT molecular complexity index is 1330. The number of esters is 1. The zero-order chi connectivity index (χ0) is 22.8. The van der Waals surface area contributed by atoms with Crippen LogP contribution in [0.4, 0.5) is 0 Å². The van der Waals surface area contributed by atoms with E-state index in [1.165, 1.54) is 27.5 Å². The maximum absolute atomic E-state index is 13.1. The molecule has 2 atom stereocenters. The van der Waals surface area contributed by atoms with E-state index in [-0.39, 0.29) is 30.6 Å². The molecule has 2 aromatic carbocycles. The lowest BCUT2D eigenvalue weighted by Gasteiger charge is -2.29. The van der Waals surface area contributed by atoms with Crippen molar-refractivity contribution in [2.24, 2.45) is 5.92 Å². The topological polar surface area (TPSA) is 55.4 Å². The molecule has 2 aliphatic carbocycles. The third-order valence-electron chi connectivity index (χ3n) is 6.64. The van der Waals surface area contributed by atoms with Gasteiger partial charge in [-0.1, -0.05) is 60.7 Å². The van der Waals surface area contributed by atoms with E-state index in [1.54, 1.807) is 6.92 Å². The molecule has 5 rings (SSSR count). The normalized spacial score (nSPS) is 20.0. The molecule has 0 fully saturated rings. The summed E-state index contributed by atoms with van der Waals surface area (Å²) in [4.78, 5) is 25.2. The molecule has 0 amide bonds. The first-order chi connectivity index (χ1) is 16.2. The average Bonchev–Trinajstić information content (AvgIpc) is 3.12. The lowest BCUT2D eigenvalue weighted by Crippen LogP contribution is -2.40. The fourth-order valence-corrected chi connectivity index (χ4v) is 5.11. The minimum Gasteiger partial charge on any atom is -0.466 e. The van der Waals surface area contributed by atoms with Crippen molar-refractivity contribution in [1.82, 2.24) is 5.32 Å². The number of hydrogen-bond donors (Lipinski definition) is 1. The Morgan fingerprint density at radius 3 is 2.79 bits per heavy atom. The van der Waals surface area contributed by atoms with Gasteiger partial charge in [-0.2, -0.15) is 0 Å². The van der Waals surface area contributed by atoms with Gasteiger partial charge in [-0.05, 0) is 64.6 Å². The van der Waals surface area contributed by atoms with Gasteiger partial charge in [0.2, 0.25) is 0 Å². The van der Waals surface area contributed by atoms with E-state index < -0.39 is 5.97 Å². The van der Waals surface area contributed by atoms with Crippen molar-refractivity contribution in [2.45, 2.75) is 32.1 Å². The molecule has 33 heavy (non-hydrogen) atoms. The highest BCUT2D eigenvalue weighted by molar-refractivity contribution is 5.99. The summed E-state index contributed by atoms with van der Waals surface area (Å²) in [6.45, 7) is 2.04. The van der Waals surface area contributed by atoms with Crippen LogP contribution in [0.15, 0.2) is 72.6 Å². The SMILES string of the molecule is CCOC(=O)CC(=O)C1C=c2c(ccc3c2=CCc2ccccc2-3)C(C2=CC=CC=CN2)C1. The van der Waals surface area contributed by atoms with Crippen molar-refractivity contribution in [2.75, 3.05) is 6.61 Å². The van der Waals surface area contributed by atoms with Crippen LogP contribution in [0.3, 0.4) is 0 Å². The molecule has 0 aromatic heterocycles. The highest BCUT2D eigenvalue weighted by Crippen LogP contribution is 2.34. The van der Waals surface area contributed by atoms with Crippen LogP contribution in [0, 0.1) is 5.92 Å². The Morgan fingerprint density at radius 1 is 1.03 bits per heavy atom. The maximum atomic E-state index is 13.1. The highest BCUT2D eigenvalue weighted by atomic mass is 16.5. The van der Waals surface area contributed by atoms with E-state index in [0.717, 1.165) is 17.3 Å². The molecule has 3 aliphatic rings. The van der Waals surface area contributed by atoms with Crippen LogP contribution in [0.5, 0.6) is 0 Å². The van der Waals surface area contributed by atoms with Crippen LogP contribution in [0.25, 0.3) is 23.3 Å². The Hall–Kier alpha value is -3.66. The molecule has 4 nitrogen and oxygen atoms in total. The first-order valence-corrected chi connectivity index (χ1v) is 11.6. The predicted molar refractivity (Wildman–Crippen MR) is 130 cm³/mol. The summed E-state index contributed by atoms with van der Waals surface area (Å²) in [5.74, 6) is -0.850. The van der Waals surface area contributed by atoms with E-state index in [1.807, 2.05) is 24.4 Å². The van der Waals surface area contributed by atoms with Gasteiger partial charge in [-0.15, -0.1) is 0 Å². The quantitative estimate of drug-likeness (QED) is 0.573. The summed E-state index contributed by atoms with van der Waals surface area (Å²) in [7, 11) is 0. The lowest BCUT2D eigenvalue weighted by atomic mass is 9.76. The number of nitrogens with one attached hydrogen (secondary N) is 1. The standard InChI is InChI=1S/C29H27NO3/c1-2-33-29(32)18-28(31)20-16-25-23-12-11-19-8-5-6-9-21(19)22(23)13-14-24(25)26(17-20)27-10-4-3-7-15-30-27/h3-10,12-16,20,26,30H,2,11,17-18H2,1H3. The summed E-state index contributed by atoms with van der Waals surface area (Å²) in [6, 6.07) is 12.9. The van der Waals surface area contributed by atoms with E-state index in [0.29, 0.717) is 6.42 Å². The van der Waals surface area contributed by atoms with Crippen molar-refractivity contribution in [1.29, 1.82) is 0 Å². The van der Waals surface area contributed by atoms with Gasteiger partial charge in [0.15, 0.2) is 5.78 Å². The minimum atomic E-state index is -0.452. The summed E-state index contributed by atoms with van der Waals surface area (Å²) in [6.07, 6.45) is 15.6. The molecular weight excluding hydrogens is 410 g/mol. The monoisotopic (exact) mass is 437 g/mol. The third-order valence-corrected chi connectivity index (χ3v) is 6.64. The average molecular weight is 438 g/mol. The van der Waals surface area contributed by atoms with E-state index in [2.05, 4.69) is 59.9 Å². The van der Waals surface area contributed by atoms with E-state index in [9.17, 15) is 9.59 Å².